The minimum atomic E-state index is -0.709. The molecule has 1 heterocycles. The van der Waals surface area contributed by atoms with Crippen LogP contribution in [0.3, 0.4) is 0 Å². The number of furan rings is 1. The average Bonchev–Trinajstić information content (AvgIpc) is 3.26. The first-order valence-corrected chi connectivity index (χ1v) is 11.4. The minimum Gasteiger partial charge on any atom is -0.459 e. The number of likely N-dealkylation sites (N-methyl/N-ethyl adjacent to an activating group) is 1. The molecular weight excluding hydrogens is 394 g/mol. The summed E-state index contributed by atoms with van der Waals surface area (Å²) in [6.45, 7) is 7.79. The van der Waals surface area contributed by atoms with Gasteiger partial charge in [0, 0.05) is 25.6 Å². The summed E-state index contributed by atoms with van der Waals surface area (Å²) in [6.07, 6.45) is 5.61. The summed E-state index contributed by atoms with van der Waals surface area (Å²) < 4.78 is 5.30. The first-order valence-electron chi connectivity index (χ1n) is 11.4. The standard InChI is InChI=1S/C24H39N3O4/c1-22(2)16-19(26-21(29)17-7-6-14-31-17)24(11-10-23(3,30)15-18(22)24)9-8-20(28)25-12-13-27(4)5/h6-7,14,18-19,30H,8-13,15-16H2,1-5H3,(H,25,28)(H,26,29)/t18-,19-,23+,24+/m0/s1. The van der Waals surface area contributed by atoms with Gasteiger partial charge in [-0.25, -0.2) is 0 Å². The van der Waals surface area contributed by atoms with Crippen molar-refractivity contribution in [2.24, 2.45) is 16.7 Å². The van der Waals surface area contributed by atoms with Crippen LogP contribution >= 0.6 is 0 Å². The third-order valence-electron chi connectivity index (χ3n) is 7.58. The smallest absolute Gasteiger partial charge is 0.287 e. The van der Waals surface area contributed by atoms with Crippen molar-refractivity contribution in [3.8, 4) is 0 Å². The number of carbonyl (C=O) groups excluding carboxylic acids is 2. The second kappa shape index (κ2) is 8.94. The Morgan fingerprint density at radius 2 is 1.97 bits per heavy atom. The summed E-state index contributed by atoms with van der Waals surface area (Å²) in [6, 6.07) is 3.32. The Kier molecular flexibility index (Phi) is 6.87. The molecule has 2 aliphatic rings. The maximum atomic E-state index is 12.8. The molecule has 1 aromatic rings. The van der Waals surface area contributed by atoms with E-state index in [4.69, 9.17) is 4.42 Å². The molecule has 2 aliphatic carbocycles. The molecule has 4 atom stereocenters. The van der Waals surface area contributed by atoms with E-state index in [1.54, 1.807) is 12.1 Å². The van der Waals surface area contributed by atoms with Crippen molar-refractivity contribution in [2.75, 3.05) is 27.2 Å². The van der Waals surface area contributed by atoms with Crippen molar-refractivity contribution in [3.05, 3.63) is 24.2 Å². The zero-order chi connectivity index (χ0) is 22.9. The second-order valence-electron chi connectivity index (χ2n) is 10.8. The number of amides is 2. The Morgan fingerprint density at radius 1 is 1.23 bits per heavy atom. The highest BCUT2D eigenvalue weighted by Crippen LogP contribution is 2.63. The Bertz CT molecular complexity index is 772. The van der Waals surface area contributed by atoms with Gasteiger partial charge in [-0.15, -0.1) is 0 Å². The molecule has 7 nitrogen and oxygen atoms in total. The van der Waals surface area contributed by atoms with Crippen molar-refractivity contribution in [1.29, 1.82) is 0 Å². The zero-order valence-corrected chi connectivity index (χ0v) is 19.7. The van der Waals surface area contributed by atoms with Crippen LogP contribution in [0.2, 0.25) is 0 Å². The quantitative estimate of drug-likeness (QED) is 0.586. The second-order valence-corrected chi connectivity index (χ2v) is 10.8. The van der Waals surface area contributed by atoms with E-state index in [1.807, 2.05) is 25.9 Å². The number of carbonyl (C=O) groups is 2. The van der Waals surface area contributed by atoms with Crippen molar-refractivity contribution in [3.63, 3.8) is 0 Å². The van der Waals surface area contributed by atoms with Gasteiger partial charge in [-0.3, -0.25) is 9.59 Å². The van der Waals surface area contributed by atoms with Crippen LogP contribution in [0.5, 0.6) is 0 Å². The molecule has 7 heteroatoms. The van der Waals surface area contributed by atoms with Gasteiger partial charge in [0.1, 0.15) is 0 Å². The molecule has 0 radical (unpaired) electrons. The molecule has 0 bridgehead atoms. The van der Waals surface area contributed by atoms with Crippen molar-refractivity contribution in [2.45, 2.75) is 70.9 Å². The largest absolute Gasteiger partial charge is 0.459 e. The molecule has 174 valence electrons. The minimum absolute atomic E-state index is 0.0487. The van der Waals surface area contributed by atoms with Gasteiger partial charge in [-0.1, -0.05) is 13.8 Å². The molecule has 0 aromatic carbocycles. The van der Waals surface area contributed by atoms with Crippen LogP contribution < -0.4 is 10.6 Å². The highest BCUT2D eigenvalue weighted by molar-refractivity contribution is 5.91. The lowest BCUT2D eigenvalue weighted by Gasteiger charge is -2.50. The predicted octanol–water partition coefficient (Wildman–Crippen LogP) is 2.80. The van der Waals surface area contributed by atoms with E-state index in [0.29, 0.717) is 38.0 Å². The maximum absolute atomic E-state index is 12.8. The van der Waals surface area contributed by atoms with Crippen LogP contribution in [0.4, 0.5) is 0 Å². The van der Waals surface area contributed by atoms with Crippen LogP contribution in [-0.4, -0.2) is 60.6 Å². The molecule has 1 aromatic heterocycles. The molecule has 0 aliphatic heterocycles. The topological polar surface area (TPSA) is 94.8 Å². The Balaban J connectivity index is 1.78. The third-order valence-corrected chi connectivity index (χ3v) is 7.58. The molecule has 3 N–H and O–H groups in total. The fraction of sp³-hybridized carbons (Fsp3) is 0.750. The first-order chi connectivity index (χ1) is 14.5. The lowest BCUT2D eigenvalue weighted by Crippen LogP contribution is -2.52. The summed E-state index contributed by atoms with van der Waals surface area (Å²) in [5.74, 6) is 0.368. The SMILES string of the molecule is CN(C)CCNC(=O)CC[C@@]12CC[C@@](C)(O)C[C@H]1C(C)(C)C[C@@H]2NC(=O)c1ccco1. The normalized spacial score (nSPS) is 32.0. The summed E-state index contributed by atoms with van der Waals surface area (Å²) >= 11 is 0. The van der Waals surface area contributed by atoms with Crippen LogP contribution in [0.15, 0.2) is 22.8 Å². The fourth-order valence-corrected chi connectivity index (χ4v) is 5.92. The Morgan fingerprint density at radius 3 is 2.61 bits per heavy atom. The van der Waals surface area contributed by atoms with E-state index in [-0.39, 0.29) is 34.6 Å². The van der Waals surface area contributed by atoms with Crippen LogP contribution in [-0.2, 0) is 4.79 Å². The lowest BCUT2D eigenvalue weighted by molar-refractivity contribution is -0.123. The van der Waals surface area contributed by atoms with Gasteiger partial charge in [-0.05, 0) is 82.0 Å². The number of fused-ring (bicyclic) bond motifs is 1. The molecule has 0 saturated heterocycles. The molecule has 0 unspecified atom stereocenters. The summed E-state index contributed by atoms with van der Waals surface area (Å²) in [4.78, 5) is 27.4. The molecule has 31 heavy (non-hydrogen) atoms. The molecule has 2 fully saturated rings. The van der Waals surface area contributed by atoms with E-state index >= 15 is 0 Å². The first kappa shape index (κ1) is 23.8. The highest BCUT2D eigenvalue weighted by Gasteiger charge is 2.61. The monoisotopic (exact) mass is 433 g/mol. The molecule has 2 saturated carbocycles. The Hall–Kier alpha value is -1.86. The van der Waals surface area contributed by atoms with Crippen LogP contribution in [0.1, 0.15) is 69.9 Å². The summed E-state index contributed by atoms with van der Waals surface area (Å²) in [7, 11) is 3.97. The number of hydrogen-bond donors (Lipinski definition) is 3. The number of hydrogen-bond acceptors (Lipinski definition) is 5. The summed E-state index contributed by atoms with van der Waals surface area (Å²) in [5, 5.41) is 17.1. The van der Waals surface area contributed by atoms with Crippen LogP contribution in [0, 0.1) is 16.7 Å². The van der Waals surface area contributed by atoms with E-state index in [0.717, 1.165) is 19.4 Å². The van der Waals surface area contributed by atoms with Crippen molar-refractivity contribution in [1.82, 2.24) is 15.5 Å². The van der Waals surface area contributed by atoms with Crippen molar-refractivity contribution >= 4 is 11.8 Å². The van der Waals surface area contributed by atoms with E-state index in [9.17, 15) is 14.7 Å². The highest BCUT2D eigenvalue weighted by atomic mass is 16.3. The van der Waals surface area contributed by atoms with Gasteiger partial charge in [0.15, 0.2) is 5.76 Å². The third kappa shape index (κ3) is 5.32. The number of aliphatic hydroxyl groups is 1. The van der Waals surface area contributed by atoms with Crippen molar-refractivity contribution < 1.29 is 19.1 Å². The lowest BCUT2D eigenvalue weighted by atomic mass is 9.57. The number of nitrogens with one attached hydrogen (secondary N) is 2. The molecule has 2 amide bonds. The van der Waals surface area contributed by atoms with E-state index in [1.165, 1.54) is 6.26 Å². The van der Waals surface area contributed by atoms with E-state index in [2.05, 4.69) is 24.5 Å². The fourth-order valence-electron chi connectivity index (χ4n) is 5.92. The molecular formula is C24H39N3O4. The van der Waals surface area contributed by atoms with Gasteiger partial charge in [0.25, 0.3) is 5.91 Å². The Labute approximate surface area is 185 Å². The number of nitrogens with zero attached hydrogens (tertiary/aromatic N) is 1. The van der Waals surface area contributed by atoms with Gasteiger partial charge in [-0.2, -0.15) is 0 Å². The molecule has 0 spiro atoms. The van der Waals surface area contributed by atoms with Crippen LogP contribution in [0.25, 0.3) is 0 Å². The maximum Gasteiger partial charge on any atom is 0.287 e. The van der Waals surface area contributed by atoms with Gasteiger partial charge >= 0.3 is 0 Å². The summed E-state index contributed by atoms with van der Waals surface area (Å²) in [5.41, 5.74) is -0.973. The van der Waals surface area contributed by atoms with Gasteiger partial charge in [0.05, 0.1) is 11.9 Å². The van der Waals surface area contributed by atoms with E-state index < -0.39 is 5.60 Å². The zero-order valence-electron chi connectivity index (χ0n) is 19.7. The van der Waals surface area contributed by atoms with Gasteiger partial charge in [0.2, 0.25) is 5.91 Å². The molecule has 3 rings (SSSR count). The number of rotatable bonds is 8. The van der Waals surface area contributed by atoms with Gasteiger partial charge < -0.3 is 25.1 Å². The average molecular weight is 434 g/mol. The predicted molar refractivity (Wildman–Crippen MR) is 120 cm³/mol.